The number of ether oxygens (including phenoxy) is 3. The first-order valence-corrected chi connectivity index (χ1v) is 17.0. The van der Waals surface area contributed by atoms with E-state index in [1.165, 1.54) is 16.9 Å². The van der Waals surface area contributed by atoms with Crippen LogP contribution < -0.4 is 10.3 Å². The number of carbonyl (C=O) groups excluding carboxylic acids is 3. The largest absolute Gasteiger partial charge is 0.493 e. The number of hydrogen-bond donors (Lipinski definition) is 0. The smallest absolute Gasteiger partial charge is 0.324 e. The number of nitrogens with zero attached hydrogens (tertiary/aromatic N) is 3. The summed E-state index contributed by atoms with van der Waals surface area (Å²) in [5.74, 6) is -1.61. The molecule has 49 heavy (non-hydrogen) atoms. The molecule has 5 aromatic rings. The number of rotatable bonds is 12. The predicted molar refractivity (Wildman–Crippen MR) is 189 cm³/mol. The van der Waals surface area contributed by atoms with Crippen LogP contribution in [-0.4, -0.2) is 50.5 Å². The number of carbonyl (C=O) groups is 3. The molecule has 10 nitrogen and oxygen atoms in total. The Balaban J connectivity index is 1.46. The summed E-state index contributed by atoms with van der Waals surface area (Å²) in [6, 6.07) is 24.1. The van der Waals surface area contributed by atoms with Gasteiger partial charge >= 0.3 is 11.9 Å². The van der Waals surface area contributed by atoms with Gasteiger partial charge in [0.05, 0.1) is 16.9 Å². The first-order valence-electron chi connectivity index (χ1n) is 16.2. The molecule has 0 spiro atoms. The van der Waals surface area contributed by atoms with Gasteiger partial charge in [0.15, 0.2) is 11.2 Å². The molecule has 0 saturated carbocycles. The number of hydrogen-bond acceptors (Lipinski definition) is 10. The second-order valence-corrected chi connectivity index (χ2v) is 15.0. The van der Waals surface area contributed by atoms with E-state index in [1.807, 2.05) is 48.5 Å². The van der Waals surface area contributed by atoms with Crippen LogP contribution in [0, 0.1) is 5.41 Å². The van der Waals surface area contributed by atoms with Gasteiger partial charge in [-0.05, 0) is 95.3 Å². The van der Waals surface area contributed by atoms with Crippen LogP contribution in [0.15, 0.2) is 83.7 Å². The molecule has 0 aliphatic rings. The van der Waals surface area contributed by atoms with E-state index in [0.29, 0.717) is 28.1 Å². The van der Waals surface area contributed by atoms with Gasteiger partial charge in [0.25, 0.3) is 5.56 Å². The van der Waals surface area contributed by atoms with E-state index in [-0.39, 0.29) is 13.0 Å². The molecule has 0 unspecified atom stereocenters. The summed E-state index contributed by atoms with van der Waals surface area (Å²) in [5, 5.41) is 9.33. The molecule has 0 saturated heterocycles. The van der Waals surface area contributed by atoms with E-state index < -0.39 is 46.3 Å². The zero-order valence-corrected chi connectivity index (χ0v) is 29.5. The molecule has 5 rings (SSSR count). The summed E-state index contributed by atoms with van der Waals surface area (Å²) in [6.45, 7) is 10.4. The molecule has 0 atom stereocenters. The van der Waals surface area contributed by atoms with Crippen molar-refractivity contribution in [1.29, 1.82) is 0 Å². The Labute approximate surface area is 289 Å². The summed E-state index contributed by atoms with van der Waals surface area (Å²) in [6.07, 6.45) is -0.0823. The third kappa shape index (κ3) is 8.77. The van der Waals surface area contributed by atoms with E-state index in [0.717, 1.165) is 21.2 Å². The van der Waals surface area contributed by atoms with Crippen molar-refractivity contribution < 1.29 is 28.6 Å². The Morgan fingerprint density at radius 2 is 1.47 bits per heavy atom. The predicted octanol–water partition coefficient (Wildman–Crippen LogP) is 6.96. The number of fused-ring (bicyclic) bond motifs is 2. The SMILES string of the molecule is CC(C)(C)OC(=O)C(CCn1nnc2ccccc2c1=O)(CC(=O)c1cc2ccc(OCCc3ccccc3)cc2s1)C(=O)OC(C)(C)C. The number of Topliss-reactive ketones (excluding diaryl/α,β-unsaturated/α-hetero) is 1. The Kier molecular flexibility index (Phi) is 10.3. The lowest BCUT2D eigenvalue weighted by Crippen LogP contribution is -2.49. The molecular formula is C38H41N3O7S. The van der Waals surface area contributed by atoms with Gasteiger partial charge in [-0.1, -0.05) is 47.7 Å². The number of ketones is 1. The fourth-order valence-corrected chi connectivity index (χ4v) is 6.30. The van der Waals surface area contributed by atoms with E-state index in [1.54, 1.807) is 71.9 Å². The van der Waals surface area contributed by atoms with Crippen LogP contribution in [0.1, 0.15) is 69.6 Å². The minimum absolute atomic E-state index is 0.196. The summed E-state index contributed by atoms with van der Waals surface area (Å²) in [7, 11) is 0. The zero-order chi connectivity index (χ0) is 35.4. The Morgan fingerprint density at radius 1 is 0.816 bits per heavy atom. The second-order valence-electron chi connectivity index (χ2n) is 14.0. The van der Waals surface area contributed by atoms with Gasteiger partial charge in [0.2, 0.25) is 0 Å². The van der Waals surface area contributed by atoms with Gasteiger partial charge in [0.1, 0.15) is 22.5 Å². The fourth-order valence-electron chi connectivity index (χ4n) is 5.27. The van der Waals surface area contributed by atoms with Crippen molar-refractivity contribution in [3.63, 3.8) is 0 Å². The molecule has 0 amide bonds. The van der Waals surface area contributed by atoms with Crippen molar-refractivity contribution >= 4 is 50.0 Å². The molecule has 0 radical (unpaired) electrons. The molecule has 256 valence electrons. The number of esters is 2. The van der Waals surface area contributed by atoms with Crippen LogP contribution >= 0.6 is 11.3 Å². The van der Waals surface area contributed by atoms with Gasteiger partial charge in [0, 0.05) is 24.1 Å². The maximum atomic E-state index is 14.1. The maximum absolute atomic E-state index is 14.1. The molecule has 11 heteroatoms. The first kappa shape index (κ1) is 35.4. The van der Waals surface area contributed by atoms with Crippen molar-refractivity contribution in [2.45, 2.75) is 78.6 Å². The Bertz CT molecular complexity index is 2010. The highest BCUT2D eigenvalue weighted by Crippen LogP contribution is 2.38. The van der Waals surface area contributed by atoms with Crippen LogP contribution in [0.3, 0.4) is 0 Å². The van der Waals surface area contributed by atoms with Gasteiger partial charge in [-0.15, -0.1) is 16.4 Å². The molecule has 2 heterocycles. The standard InChI is InChI=1S/C38H41N3O7S/c1-36(2,3)47-34(44)38(35(45)48-37(4,5)6,19-20-41-33(43)28-14-10-11-15-29(28)39-40-41)24-30(42)32-22-26-16-17-27(23-31(26)49-32)46-21-18-25-12-8-7-9-13-25/h7-17,22-23H,18-21,24H2,1-6H3. The number of aromatic nitrogens is 3. The van der Waals surface area contributed by atoms with E-state index in [4.69, 9.17) is 14.2 Å². The molecule has 0 fully saturated rings. The van der Waals surface area contributed by atoms with E-state index in [2.05, 4.69) is 10.3 Å². The van der Waals surface area contributed by atoms with Crippen LogP contribution in [-0.2, 0) is 32.0 Å². The van der Waals surface area contributed by atoms with E-state index >= 15 is 0 Å². The molecular weight excluding hydrogens is 642 g/mol. The molecule has 2 aromatic heterocycles. The van der Waals surface area contributed by atoms with Gasteiger partial charge in [-0.2, -0.15) is 0 Å². The fraction of sp³-hybridized carbons (Fsp3) is 0.368. The van der Waals surface area contributed by atoms with Crippen LogP contribution in [0.2, 0.25) is 0 Å². The van der Waals surface area contributed by atoms with Crippen molar-refractivity contribution in [3.8, 4) is 5.75 Å². The molecule has 0 aliphatic heterocycles. The van der Waals surface area contributed by atoms with Gasteiger partial charge in [-0.25, -0.2) is 4.68 Å². The normalized spacial score (nSPS) is 12.2. The number of aryl methyl sites for hydroxylation is 1. The highest BCUT2D eigenvalue weighted by molar-refractivity contribution is 7.20. The van der Waals surface area contributed by atoms with Crippen molar-refractivity contribution in [2.24, 2.45) is 5.41 Å². The third-order valence-electron chi connectivity index (χ3n) is 7.69. The molecule has 0 N–H and O–H groups in total. The second kappa shape index (κ2) is 14.3. The van der Waals surface area contributed by atoms with Gasteiger partial charge in [-0.3, -0.25) is 19.2 Å². The highest BCUT2D eigenvalue weighted by atomic mass is 32.1. The third-order valence-corrected chi connectivity index (χ3v) is 8.83. The minimum Gasteiger partial charge on any atom is -0.493 e. The highest BCUT2D eigenvalue weighted by Gasteiger charge is 2.52. The van der Waals surface area contributed by atoms with Crippen molar-refractivity contribution in [3.05, 3.63) is 99.7 Å². The lowest BCUT2D eigenvalue weighted by molar-refractivity contribution is -0.186. The maximum Gasteiger partial charge on any atom is 0.324 e. The number of benzene rings is 3. The first-order chi connectivity index (χ1) is 23.1. The Hall–Kier alpha value is -4.90. The zero-order valence-electron chi connectivity index (χ0n) is 28.6. The average Bonchev–Trinajstić information content (AvgIpc) is 3.47. The summed E-state index contributed by atoms with van der Waals surface area (Å²) in [4.78, 5) is 56.0. The van der Waals surface area contributed by atoms with E-state index in [9.17, 15) is 19.2 Å². The molecule has 0 bridgehead atoms. The summed E-state index contributed by atoms with van der Waals surface area (Å²) >= 11 is 1.25. The molecule has 0 aliphatic carbocycles. The van der Waals surface area contributed by atoms with Crippen LogP contribution in [0.25, 0.3) is 21.0 Å². The quantitative estimate of drug-likeness (QED) is 0.0779. The average molecular weight is 684 g/mol. The minimum atomic E-state index is -2.09. The van der Waals surface area contributed by atoms with Crippen molar-refractivity contribution in [2.75, 3.05) is 6.61 Å². The lowest BCUT2D eigenvalue weighted by atomic mass is 9.78. The summed E-state index contributed by atoms with van der Waals surface area (Å²) in [5.41, 5.74) is -2.91. The Morgan fingerprint density at radius 3 is 2.14 bits per heavy atom. The van der Waals surface area contributed by atoms with Crippen LogP contribution in [0.5, 0.6) is 5.75 Å². The van der Waals surface area contributed by atoms with Crippen molar-refractivity contribution in [1.82, 2.24) is 15.0 Å². The topological polar surface area (TPSA) is 127 Å². The monoisotopic (exact) mass is 683 g/mol. The van der Waals surface area contributed by atoms with Gasteiger partial charge < -0.3 is 14.2 Å². The van der Waals surface area contributed by atoms with Crippen LogP contribution in [0.4, 0.5) is 0 Å². The molecule has 3 aromatic carbocycles. The lowest BCUT2D eigenvalue weighted by Gasteiger charge is -2.34. The number of thiophene rings is 1. The summed E-state index contributed by atoms with van der Waals surface area (Å²) < 4.78 is 19.5.